The van der Waals surface area contributed by atoms with Crippen LogP contribution in [-0.4, -0.2) is 71.4 Å². The number of rotatable bonds is 7. The average molecular weight is 471 g/mol. The molecule has 0 aliphatic carbocycles. The molecule has 34 heavy (non-hydrogen) atoms. The summed E-state index contributed by atoms with van der Waals surface area (Å²) < 4.78 is 26.4. The Morgan fingerprint density at radius 2 is 2.00 bits per heavy atom. The zero-order chi connectivity index (χ0) is 24.3. The molecule has 3 N–H and O–H groups in total. The molecule has 1 aliphatic rings. The van der Waals surface area contributed by atoms with Crippen LogP contribution in [0.3, 0.4) is 0 Å². The summed E-state index contributed by atoms with van der Waals surface area (Å²) in [6.07, 6.45) is 0.737. The number of H-pyrrole nitrogens is 1. The molecule has 0 radical (unpaired) electrons. The van der Waals surface area contributed by atoms with Gasteiger partial charge in [0.05, 0.1) is 36.6 Å². The van der Waals surface area contributed by atoms with Gasteiger partial charge in [-0.25, -0.2) is 19.3 Å². The molecular weight excluding hydrogens is 443 g/mol. The van der Waals surface area contributed by atoms with Crippen LogP contribution < -0.4 is 10.2 Å². The van der Waals surface area contributed by atoms with Crippen LogP contribution in [0.1, 0.15) is 19.0 Å². The van der Waals surface area contributed by atoms with E-state index in [2.05, 4.69) is 25.3 Å². The van der Waals surface area contributed by atoms with Gasteiger partial charge in [0.15, 0.2) is 5.82 Å². The summed E-state index contributed by atoms with van der Waals surface area (Å²) in [4.78, 5) is 30.8. The summed E-state index contributed by atoms with van der Waals surface area (Å²) in [6, 6.07) is 8.04. The van der Waals surface area contributed by atoms with Crippen LogP contribution >= 0.6 is 0 Å². The number of imidazole rings is 1. The van der Waals surface area contributed by atoms with Crippen LogP contribution in [0.25, 0.3) is 22.6 Å². The van der Waals surface area contributed by atoms with Gasteiger partial charge in [-0.1, -0.05) is 12.1 Å². The van der Waals surface area contributed by atoms with Crippen LogP contribution in [0.4, 0.5) is 10.3 Å². The Bertz CT molecular complexity index is 1160. The van der Waals surface area contributed by atoms with Crippen LogP contribution in [-0.2, 0) is 14.3 Å². The molecule has 4 rings (SSSR count). The molecule has 0 saturated carbocycles. The number of nitrogens with one attached hydrogen (secondary N) is 2. The van der Waals surface area contributed by atoms with Crippen molar-refractivity contribution in [2.45, 2.75) is 13.2 Å². The maximum absolute atomic E-state index is 14.7. The first-order valence-electron chi connectivity index (χ1n) is 10.8. The largest absolute Gasteiger partial charge is 0.395 e. The number of hydrogen-bond donors (Lipinski definition) is 3. The first-order chi connectivity index (χ1) is 16.3. The van der Waals surface area contributed by atoms with Crippen molar-refractivity contribution in [3.05, 3.63) is 48.2 Å². The fourth-order valence-electron chi connectivity index (χ4n) is 3.52. The highest BCUT2D eigenvalue weighted by atomic mass is 19.1. The predicted octanol–water partition coefficient (Wildman–Crippen LogP) is 1.90. The maximum atomic E-state index is 14.7. The van der Waals surface area contributed by atoms with E-state index in [-0.39, 0.29) is 32.3 Å². The average Bonchev–Trinajstić information content (AvgIpc) is 3.28. The minimum atomic E-state index is -0.914. The predicted molar refractivity (Wildman–Crippen MR) is 122 cm³/mol. The van der Waals surface area contributed by atoms with Crippen LogP contribution in [0.15, 0.2) is 36.5 Å². The number of ether oxygens (including phenoxy) is 2. The van der Waals surface area contributed by atoms with E-state index in [1.165, 1.54) is 6.07 Å². The number of amides is 1. The van der Waals surface area contributed by atoms with Crippen molar-refractivity contribution in [2.24, 2.45) is 5.41 Å². The fraction of sp³-hybridized carbons (Fsp3) is 0.391. The number of hydrogen-bond acceptors (Lipinski definition) is 8. The Hall–Kier alpha value is -3.41. The summed E-state index contributed by atoms with van der Waals surface area (Å²) in [7, 11) is 3.65. The van der Waals surface area contributed by atoms with E-state index in [1.807, 2.05) is 14.1 Å². The molecule has 1 amide bonds. The van der Waals surface area contributed by atoms with Gasteiger partial charge in [-0.3, -0.25) is 4.79 Å². The van der Waals surface area contributed by atoms with Gasteiger partial charge in [0.1, 0.15) is 11.5 Å². The Labute approximate surface area is 196 Å². The summed E-state index contributed by atoms with van der Waals surface area (Å²) in [5.74, 6) is 0.116. The molecular formula is C23H27FN6O4. The highest BCUT2D eigenvalue weighted by Crippen LogP contribution is 2.36. The van der Waals surface area contributed by atoms with Gasteiger partial charge in [-0.05, 0) is 25.1 Å². The summed E-state index contributed by atoms with van der Waals surface area (Å²) >= 11 is 0. The molecule has 2 aromatic heterocycles. The number of carbonyl (C=O) groups excluding carboxylic acids is 1. The van der Waals surface area contributed by atoms with Crippen molar-refractivity contribution < 1.29 is 23.8 Å². The van der Waals surface area contributed by atoms with Gasteiger partial charge in [0, 0.05) is 32.4 Å². The number of benzene rings is 1. The van der Waals surface area contributed by atoms with E-state index in [0.717, 1.165) is 0 Å². The third-order valence-electron chi connectivity index (χ3n) is 5.43. The Balaban J connectivity index is 1.67. The van der Waals surface area contributed by atoms with Crippen molar-refractivity contribution >= 4 is 11.9 Å². The zero-order valence-corrected chi connectivity index (χ0v) is 19.2. The molecule has 0 bridgehead atoms. The van der Waals surface area contributed by atoms with E-state index in [4.69, 9.17) is 14.6 Å². The molecule has 0 atom stereocenters. The number of anilines is 1. The number of aliphatic hydroxyl groups is 1. The smallest absolute Gasteiger partial charge is 0.230 e. The Kier molecular flexibility index (Phi) is 6.87. The molecule has 11 heteroatoms. The van der Waals surface area contributed by atoms with Crippen molar-refractivity contribution in [3.63, 3.8) is 0 Å². The molecule has 1 aromatic carbocycles. The lowest BCUT2D eigenvalue weighted by atomic mass is 9.91. The molecule has 0 unspecified atom stereocenters. The van der Waals surface area contributed by atoms with Crippen molar-refractivity contribution in [1.82, 2.24) is 25.3 Å². The number of nitrogens with zero attached hydrogens (tertiary/aromatic N) is 4. The van der Waals surface area contributed by atoms with Crippen molar-refractivity contribution in [1.29, 1.82) is 0 Å². The third-order valence-corrected chi connectivity index (χ3v) is 5.43. The lowest BCUT2D eigenvalue weighted by Gasteiger charge is -2.35. The topological polar surface area (TPSA) is 125 Å². The second kappa shape index (κ2) is 9.84. The van der Waals surface area contributed by atoms with Gasteiger partial charge in [-0.2, -0.15) is 0 Å². The summed E-state index contributed by atoms with van der Waals surface area (Å²) in [5.41, 5.74) is 0.765. The van der Waals surface area contributed by atoms with Gasteiger partial charge in [0.25, 0.3) is 0 Å². The molecule has 10 nitrogen and oxygen atoms in total. The summed E-state index contributed by atoms with van der Waals surface area (Å²) in [6.45, 7) is 1.88. The van der Waals surface area contributed by atoms with E-state index >= 15 is 0 Å². The molecule has 1 fully saturated rings. The monoisotopic (exact) mass is 470 g/mol. The third kappa shape index (κ3) is 4.76. The quantitative estimate of drug-likeness (QED) is 0.478. The van der Waals surface area contributed by atoms with E-state index < -0.39 is 17.5 Å². The van der Waals surface area contributed by atoms with Gasteiger partial charge < -0.3 is 29.8 Å². The normalized spacial score (nSPS) is 20.2. The van der Waals surface area contributed by atoms with Crippen molar-refractivity contribution in [3.8, 4) is 22.6 Å². The SMILES string of the molecule is CN(C)c1nccc(-c2[nH]c(C3OCC(C)(C(=O)NCCO)CO3)nc2-c2ccccc2F)n1. The maximum Gasteiger partial charge on any atom is 0.230 e. The number of carbonyl (C=O) groups is 1. The summed E-state index contributed by atoms with van der Waals surface area (Å²) in [5, 5.41) is 11.6. The van der Waals surface area contributed by atoms with Gasteiger partial charge >= 0.3 is 0 Å². The molecule has 3 aromatic rings. The molecule has 180 valence electrons. The van der Waals surface area contributed by atoms with Crippen LogP contribution in [0.5, 0.6) is 0 Å². The van der Waals surface area contributed by atoms with Crippen molar-refractivity contribution in [2.75, 3.05) is 45.4 Å². The highest BCUT2D eigenvalue weighted by molar-refractivity contribution is 5.82. The minimum absolute atomic E-state index is 0.0816. The Morgan fingerprint density at radius 3 is 2.68 bits per heavy atom. The van der Waals surface area contributed by atoms with Crippen LogP contribution in [0.2, 0.25) is 0 Å². The number of aromatic amines is 1. The Morgan fingerprint density at radius 1 is 1.26 bits per heavy atom. The minimum Gasteiger partial charge on any atom is -0.395 e. The lowest BCUT2D eigenvalue weighted by Crippen LogP contribution is -2.49. The number of aliphatic hydroxyl groups excluding tert-OH is 1. The first-order valence-corrected chi connectivity index (χ1v) is 10.8. The number of halogens is 1. The highest BCUT2D eigenvalue weighted by Gasteiger charge is 2.40. The van der Waals surface area contributed by atoms with Gasteiger partial charge in [0.2, 0.25) is 18.1 Å². The standard InChI is InChI=1S/C23H27FN6O4/c1-23(21(32)25-10-11-31)12-33-20(34-13-23)19-28-17(14-6-4-5-7-15(14)24)18(29-19)16-8-9-26-22(27-16)30(2)3/h4-9,20,31H,10-13H2,1-3H3,(H,25,32)(H,28,29). The molecule has 0 spiro atoms. The fourth-order valence-corrected chi connectivity index (χ4v) is 3.52. The second-order valence-corrected chi connectivity index (χ2v) is 8.46. The molecule has 3 heterocycles. The second-order valence-electron chi connectivity index (χ2n) is 8.46. The molecule has 1 aliphatic heterocycles. The van der Waals surface area contributed by atoms with E-state index in [0.29, 0.717) is 34.4 Å². The van der Waals surface area contributed by atoms with Crippen LogP contribution in [0, 0.1) is 11.2 Å². The number of aromatic nitrogens is 4. The van der Waals surface area contributed by atoms with Gasteiger partial charge in [-0.15, -0.1) is 0 Å². The zero-order valence-electron chi connectivity index (χ0n) is 19.2. The van der Waals surface area contributed by atoms with E-state index in [1.54, 1.807) is 42.3 Å². The lowest BCUT2D eigenvalue weighted by molar-refractivity contribution is -0.231. The first kappa shape index (κ1) is 23.7. The molecule has 1 saturated heterocycles. The van der Waals surface area contributed by atoms with E-state index in [9.17, 15) is 9.18 Å².